The first-order chi connectivity index (χ1) is 12.2. The number of benzene rings is 2. The first-order valence-electron chi connectivity index (χ1n) is 8.55. The molecule has 1 saturated heterocycles. The molecule has 25 heavy (non-hydrogen) atoms. The van der Waals surface area contributed by atoms with Gasteiger partial charge in [-0.1, -0.05) is 42.5 Å². The minimum Gasteiger partial charge on any atom is -0.489 e. The van der Waals surface area contributed by atoms with Gasteiger partial charge in [0.05, 0.1) is 19.3 Å². The molecule has 0 N–H and O–H groups in total. The van der Waals surface area contributed by atoms with Crippen LogP contribution in [0.5, 0.6) is 5.75 Å². The Morgan fingerprint density at radius 2 is 2.08 bits per heavy atom. The molecule has 1 aliphatic heterocycles. The van der Waals surface area contributed by atoms with Crippen LogP contribution < -0.4 is 4.74 Å². The summed E-state index contributed by atoms with van der Waals surface area (Å²) in [5.41, 5.74) is 2.07. The van der Waals surface area contributed by atoms with Crippen LogP contribution in [0.15, 0.2) is 60.7 Å². The van der Waals surface area contributed by atoms with Crippen molar-refractivity contribution < 1.29 is 14.3 Å². The highest BCUT2D eigenvalue weighted by molar-refractivity contribution is 5.92. The molecule has 3 rings (SSSR count). The van der Waals surface area contributed by atoms with E-state index in [1.54, 1.807) is 6.08 Å². The van der Waals surface area contributed by atoms with E-state index in [-0.39, 0.29) is 11.9 Å². The van der Waals surface area contributed by atoms with Gasteiger partial charge in [0.15, 0.2) is 0 Å². The number of rotatable bonds is 5. The van der Waals surface area contributed by atoms with Crippen molar-refractivity contribution in [3.05, 3.63) is 71.8 Å². The second-order valence-electron chi connectivity index (χ2n) is 6.14. The lowest BCUT2D eigenvalue weighted by Crippen LogP contribution is -2.46. The maximum Gasteiger partial charge on any atom is 0.246 e. The average molecular weight is 337 g/mol. The maximum atomic E-state index is 12.3. The zero-order chi connectivity index (χ0) is 17.5. The minimum absolute atomic E-state index is 0.0198. The average Bonchev–Trinajstić information content (AvgIpc) is 2.66. The lowest BCUT2D eigenvalue weighted by atomic mass is 10.2. The molecule has 0 aliphatic carbocycles. The van der Waals surface area contributed by atoms with Crippen molar-refractivity contribution in [2.75, 3.05) is 19.8 Å². The molecule has 2 aromatic rings. The van der Waals surface area contributed by atoms with Gasteiger partial charge in [0, 0.05) is 12.6 Å². The topological polar surface area (TPSA) is 38.8 Å². The Labute approximate surface area is 148 Å². The summed E-state index contributed by atoms with van der Waals surface area (Å²) in [5.74, 6) is 0.810. The Balaban J connectivity index is 1.60. The van der Waals surface area contributed by atoms with E-state index in [0.717, 1.165) is 16.9 Å². The van der Waals surface area contributed by atoms with Crippen molar-refractivity contribution in [2.24, 2.45) is 0 Å². The summed E-state index contributed by atoms with van der Waals surface area (Å²) in [7, 11) is 0. The minimum atomic E-state index is 0.0198. The third-order valence-corrected chi connectivity index (χ3v) is 4.18. The van der Waals surface area contributed by atoms with E-state index in [1.165, 1.54) is 0 Å². The normalized spacial score (nSPS) is 17.6. The molecular weight excluding hydrogens is 314 g/mol. The van der Waals surface area contributed by atoms with E-state index in [2.05, 4.69) is 0 Å². The number of morpholine rings is 1. The fourth-order valence-electron chi connectivity index (χ4n) is 2.77. The Morgan fingerprint density at radius 1 is 1.24 bits per heavy atom. The Morgan fingerprint density at radius 3 is 2.88 bits per heavy atom. The van der Waals surface area contributed by atoms with E-state index >= 15 is 0 Å². The van der Waals surface area contributed by atoms with Gasteiger partial charge in [-0.15, -0.1) is 0 Å². The third kappa shape index (κ3) is 4.94. The van der Waals surface area contributed by atoms with Crippen LogP contribution in [0.3, 0.4) is 0 Å². The summed E-state index contributed by atoms with van der Waals surface area (Å²) < 4.78 is 11.2. The molecule has 1 aliphatic rings. The number of carbonyl (C=O) groups is 1. The van der Waals surface area contributed by atoms with Crippen molar-refractivity contribution in [1.29, 1.82) is 0 Å². The van der Waals surface area contributed by atoms with Gasteiger partial charge in [-0.3, -0.25) is 4.79 Å². The number of nitrogens with zero attached hydrogens (tertiary/aromatic N) is 1. The van der Waals surface area contributed by atoms with Crippen LogP contribution in [-0.4, -0.2) is 36.6 Å². The molecule has 0 spiro atoms. The van der Waals surface area contributed by atoms with Crippen LogP contribution in [0.2, 0.25) is 0 Å². The second-order valence-corrected chi connectivity index (χ2v) is 6.14. The number of ether oxygens (including phenoxy) is 2. The number of carbonyl (C=O) groups excluding carboxylic acids is 1. The van der Waals surface area contributed by atoms with Crippen LogP contribution in [0.1, 0.15) is 18.1 Å². The van der Waals surface area contributed by atoms with Crippen molar-refractivity contribution in [1.82, 2.24) is 4.90 Å². The molecule has 130 valence electrons. The molecule has 4 heteroatoms. The molecule has 0 saturated carbocycles. The van der Waals surface area contributed by atoms with Gasteiger partial charge in [0.1, 0.15) is 12.4 Å². The quantitative estimate of drug-likeness (QED) is 0.784. The molecule has 0 radical (unpaired) electrons. The third-order valence-electron chi connectivity index (χ3n) is 4.18. The fraction of sp³-hybridized carbons (Fsp3) is 0.286. The molecule has 2 aromatic carbocycles. The van der Waals surface area contributed by atoms with Crippen molar-refractivity contribution in [3.63, 3.8) is 0 Å². The van der Waals surface area contributed by atoms with Crippen molar-refractivity contribution in [3.8, 4) is 5.75 Å². The van der Waals surface area contributed by atoms with Gasteiger partial charge in [0.2, 0.25) is 5.91 Å². The van der Waals surface area contributed by atoms with Gasteiger partial charge in [-0.25, -0.2) is 0 Å². The van der Waals surface area contributed by atoms with Gasteiger partial charge in [-0.05, 0) is 36.3 Å². The molecule has 1 amide bonds. The van der Waals surface area contributed by atoms with Crippen molar-refractivity contribution >= 4 is 12.0 Å². The highest BCUT2D eigenvalue weighted by Gasteiger charge is 2.21. The molecule has 0 aromatic heterocycles. The summed E-state index contributed by atoms with van der Waals surface area (Å²) in [5, 5.41) is 0. The predicted molar refractivity (Wildman–Crippen MR) is 98.2 cm³/mol. The zero-order valence-corrected chi connectivity index (χ0v) is 14.4. The number of hydrogen-bond donors (Lipinski definition) is 0. The number of hydrogen-bond acceptors (Lipinski definition) is 3. The summed E-state index contributed by atoms with van der Waals surface area (Å²) in [6.07, 6.45) is 3.46. The largest absolute Gasteiger partial charge is 0.489 e. The van der Waals surface area contributed by atoms with E-state index < -0.39 is 0 Å². The van der Waals surface area contributed by atoms with Crippen LogP contribution in [0, 0.1) is 0 Å². The molecular formula is C21H23NO3. The molecule has 4 nitrogen and oxygen atoms in total. The Bertz CT molecular complexity index is 727. The lowest BCUT2D eigenvalue weighted by molar-refractivity contribution is -0.133. The van der Waals surface area contributed by atoms with Gasteiger partial charge >= 0.3 is 0 Å². The standard InChI is InChI=1S/C21H23NO3/c1-17-15-24-13-12-22(17)21(23)11-10-18-8-5-9-20(14-18)25-16-19-6-3-2-4-7-19/h2-11,14,17H,12-13,15-16H2,1H3/b11-10+/t17-/m1/s1. The zero-order valence-electron chi connectivity index (χ0n) is 14.4. The highest BCUT2D eigenvalue weighted by atomic mass is 16.5. The second kappa shape index (κ2) is 8.49. The smallest absolute Gasteiger partial charge is 0.246 e. The van der Waals surface area contributed by atoms with Crippen LogP contribution in [-0.2, 0) is 16.1 Å². The summed E-state index contributed by atoms with van der Waals surface area (Å²) >= 11 is 0. The summed E-state index contributed by atoms with van der Waals surface area (Å²) in [4.78, 5) is 14.2. The SMILES string of the molecule is C[C@@H]1COCCN1C(=O)/C=C/c1cccc(OCc2ccccc2)c1. The Kier molecular flexibility index (Phi) is 5.86. The first kappa shape index (κ1) is 17.2. The number of amides is 1. The maximum absolute atomic E-state index is 12.3. The molecule has 1 atom stereocenters. The first-order valence-corrected chi connectivity index (χ1v) is 8.55. The van der Waals surface area contributed by atoms with E-state index in [4.69, 9.17) is 9.47 Å². The van der Waals surface area contributed by atoms with Crippen LogP contribution >= 0.6 is 0 Å². The molecule has 0 unspecified atom stereocenters. The molecule has 1 fully saturated rings. The summed E-state index contributed by atoms with van der Waals surface area (Å²) in [6, 6.07) is 17.9. The van der Waals surface area contributed by atoms with Crippen LogP contribution in [0.25, 0.3) is 6.08 Å². The molecule has 1 heterocycles. The Hall–Kier alpha value is -2.59. The van der Waals surface area contributed by atoms with E-state index in [1.807, 2.05) is 72.5 Å². The van der Waals surface area contributed by atoms with Gasteiger partial charge < -0.3 is 14.4 Å². The van der Waals surface area contributed by atoms with E-state index in [0.29, 0.717) is 26.4 Å². The van der Waals surface area contributed by atoms with Gasteiger partial charge in [0.25, 0.3) is 0 Å². The van der Waals surface area contributed by atoms with Gasteiger partial charge in [-0.2, -0.15) is 0 Å². The predicted octanol–water partition coefficient (Wildman–Crippen LogP) is 3.53. The fourth-order valence-corrected chi connectivity index (χ4v) is 2.77. The highest BCUT2D eigenvalue weighted by Crippen LogP contribution is 2.17. The summed E-state index contributed by atoms with van der Waals surface area (Å²) in [6.45, 7) is 4.38. The van der Waals surface area contributed by atoms with E-state index in [9.17, 15) is 4.79 Å². The lowest BCUT2D eigenvalue weighted by Gasteiger charge is -2.32. The molecule has 0 bridgehead atoms. The monoisotopic (exact) mass is 337 g/mol. The van der Waals surface area contributed by atoms with Crippen molar-refractivity contribution in [2.45, 2.75) is 19.6 Å². The van der Waals surface area contributed by atoms with Crippen LogP contribution in [0.4, 0.5) is 0 Å².